The van der Waals surface area contributed by atoms with E-state index in [2.05, 4.69) is 18.8 Å². The molecule has 1 N–H and O–H groups in total. The van der Waals surface area contributed by atoms with Crippen LogP contribution in [0.4, 0.5) is 4.39 Å². The predicted molar refractivity (Wildman–Crippen MR) is 136 cm³/mol. The Balaban J connectivity index is 0.000000868. The van der Waals surface area contributed by atoms with Gasteiger partial charge >= 0.3 is 0 Å². The molecular weight excluding hydrogens is 429 g/mol. The van der Waals surface area contributed by atoms with Crippen LogP contribution in [-0.2, 0) is 30.5 Å². The highest BCUT2D eigenvalue weighted by Gasteiger charge is 2.31. The highest BCUT2D eigenvalue weighted by molar-refractivity contribution is 5.92. The fourth-order valence-corrected chi connectivity index (χ4v) is 5.43. The van der Waals surface area contributed by atoms with E-state index in [0.717, 1.165) is 70.3 Å². The Labute approximate surface area is 200 Å². The Morgan fingerprint density at radius 3 is 2.62 bits per heavy atom. The maximum atomic E-state index is 14.6. The average Bonchev–Trinajstić information content (AvgIpc) is 3.20. The summed E-state index contributed by atoms with van der Waals surface area (Å²) in [5, 5.41) is 3.85. The van der Waals surface area contributed by atoms with Gasteiger partial charge in [0, 0.05) is 29.7 Å². The van der Waals surface area contributed by atoms with Crippen molar-refractivity contribution in [3.63, 3.8) is 0 Å². The normalized spacial score (nSPS) is 14.3. The molecule has 3 heterocycles. The van der Waals surface area contributed by atoms with Gasteiger partial charge in [-0.1, -0.05) is 19.4 Å². The minimum atomic E-state index is -0.352. The summed E-state index contributed by atoms with van der Waals surface area (Å²) in [6.07, 6.45) is 5.73. The topological polar surface area (TPSA) is 56.2 Å². The van der Waals surface area contributed by atoms with Crippen molar-refractivity contribution in [2.24, 2.45) is 0 Å². The molecule has 2 aromatic heterocycles. The van der Waals surface area contributed by atoms with Crippen molar-refractivity contribution in [1.82, 2.24) is 14.9 Å². The first kappa shape index (κ1) is 24.3. The first-order chi connectivity index (χ1) is 16.4. The van der Waals surface area contributed by atoms with Crippen LogP contribution in [0.1, 0.15) is 59.3 Å². The first-order valence-corrected chi connectivity index (χ1v) is 12.1. The van der Waals surface area contributed by atoms with E-state index >= 15 is 0 Å². The molecule has 0 saturated carbocycles. The van der Waals surface area contributed by atoms with Gasteiger partial charge in [-0.05, 0) is 75.0 Å². The van der Waals surface area contributed by atoms with Crippen molar-refractivity contribution in [3.8, 4) is 11.4 Å². The summed E-state index contributed by atoms with van der Waals surface area (Å²) in [5.74, 6) is -0.205. The number of methoxy groups -OCH3 is 1. The predicted octanol–water partition coefficient (Wildman–Crippen LogP) is 5.02. The van der Waals surface area contributed by atoms with Crippen LogP contribution in [0.5, 0.6) is 0 Å². The molecule has 1 aliphatic carbocycles. The lowest BCUT2D eigenvalue weighted by molar-refractivity contribution is 0.142. The van der Waals surface area contributed by atoms with Gasteiger partial charge in [0.05, 0.1) is 23.4 Å². The zero-order valence-electron chi connectivity index (χ0n) is 20.8. The molecule has 3 aromatic rings. The number of nitrogens with one attached hydrogen (secondary N) is 1. The van der Waals surface area contributed by atoms with E-state index in [1.54, 1.807) is 19.3 Å². The number of fused-ring (bicyclic) bond motifs is 4. The quantitative estimate of drug-likeness (QED) is 0.422. The average molecular weight is 464 g/mol. The lowest BCUT2D eigenvalue weighted by Gasteiger charge is -2.22. The van der Waals surface area contributed by atoms with Crippen LogP contribution in [0.25, 0.3) is 22.3 Å². The molecule has 5 nitrogen and oxygen atoms in total. The number of aromatic nitrogens is 2. The lowest BCUT2D eigenvalue weighted by Crippen LogP contribution is -2.26. The van der Waals surface area contributed by atoms with E-state index in [9.17, 15) is 9.18 Å². The van der Waals surface area contributed by atoms with E-state index < -0.39 is 0 Å². The Bertz CT molecular complexity index is 1330. The number of halogens is 1. The molecule has 1 aromatic carbocycles. The van der Waals surface area contributed by atoms with E-state index in [-0.39, 0.29) is 17.5 Å². The molecule has 2 aliphatic rings. The van der Waals surface area contributed by atoms with Crippen LogP contribution in [0.15, 0.2) is 29.6 Å². The fourth-order valence-electron chi connectivity index (χ4n) is 5.43. The summed E-state index contributed by atoms with van der Waals surface area (Å²) < 4.78 is 22.1. The molecule has 1 atom stereocenters. The molecule has 1 aliphatic heterocycles. The molecule has 5 rings (SSSR count). The number of ether oxygens (including phenoxy) is 1. The molecule has 180 valence electrons. The van der Waals surface area contributed by atoms with Crippen LogP contribution < -0.4 is 10.9 Å². The van der Waals surface area contributed by atoms with Gasteiger partial charge in [0.15, 0.2) is 0 Å². The van der Waals surface area contributed by atoms with Crippen LogP contribution in [0.3, 0.4) is 0 Å². The smallest absolute Gasteiger partial charge is 0.254 e. The van der Waals surface area contributed by atoms with Crippen molar-refractivity contribution in [2.45, 2.75) is 58.6 Å². The highest BCUT2D eigenvalue weighted by atomic mass is 19.1. The third kappa shape index (κ3) is 3.79. The first-order valence-electron chi connectivity index (χ1n) is 12.1. The van der Waals surface area contributed by atoms with Gasteiger partial charge in [0.25, 0.3) is 5.56 Å². The highest BCUT2D eigenvalue weighted by Crippen LogP contribution is 2.41. The van der Waals surface area contributed by atoms with Crippen LogP contribution in [0.2, 0.25) is 0 Å². The molecule has 0 saturated heterocycles. The van der Waals surface area contributed by atoms with Gasteiger partial charge in [-0.25, -0.2) is 9.37 Å². The lowest BCUT2D eigenvalue weighted by atomic mass is 9.85. The number of pyridine rings is 2. The maximum Gasteiger partial charge on any atom is 0.254 e. The Morgan fingerprint density at radius 1 is 1.26 bits per heavy atom. The molecule has 0 radical (unpaired) electrons. The van der Waals surface area contributed by atoms with Crippen LogP contribution in [0, 0.1) is 12.7 Å². The Kier molecular flexibility index (Phi) is 7.01. The Hall–Kier alpha value is -2.83. The van der Waals surface area contributed by atoms with Gasteiger partial charge in [-0.15, -0.1) is 6.58 Å². The van der Waals surface area contributed by atoms with Crippen LogP contribution in [-0.4, -0.2) is 30.8 Å². The van der Waals surface area contributed by atoms with Crippen molar-refractivity contribution in [1.29, 1.82) is 0 Å². The van der Waals surface area contributed by atoms with E-state index in [1.165, 1.54) is 5.56 Å². The van der Waals surface area contributed by atoms with Crippen molar-refractivity contribution < 1.29 is 9.13 Å². The second-order valence-electron chi connectivity index (χ2n) is 9.12. The third-order valence-corrected chi connectivity index (χ3v) is 6.94. The number of benzene rings is 1. The van der Waals surface area contributed by atoms with E-state index in [4.69, 9.17) is 9.72 Å². The maximum absolute atomic E-state index is 14.6. The van der Waals surface area contributed by atoms with E-state index in [0.29, 0.717) is 18.5 Å². The van der Waals surface area contributed by atoms with Crippen molar-refractivity contribution >= 4 is 10.9 Å². The molecule has 34 heavy (non-hydrogen) atoms. The second kappa shape index (κ2) is 9.80. The van der Waals surface area contributed by atoms with Crippen LogP contribution >= 0.6 is 0 Å². The number of rotatable bonds is 5. The number of aryl methyl sites for hydroxylation is 2. The SMILES string of the molecule is C=CC(OC)c1cc2n(c(=O)c1CCC)Cc1c-2nc2cc(F)c(C)c3c2c1CCC3.CNC. The third-order valence-electron chi connectivity index (χ3n) is 6.94. The van der Waals surface area contributed by atoms with Gasteiger partial charge in [0.1, 0.15) is 11.9 Å². The standard InChI is InChI=1S/C26H27FN2O2.C2H7N/c1-5-8-17-18(23(6-2)31-4)11-22-25-19(13-29(22)26(17)30)16-10-7-9-15-14(3)20(27)12-21(28-25)24(15)16;1-3-2/h6,11-12,23H,2,5,7-10,13H2,1,3-4H3;3H,1-2H3. The largest absolute Gasteiger partial charge is 0.373 e. The summed E-state index contributed by atoms with van der Waals surface area (Å²) in [6, 6.07) is 3.59. The molecule has 1 unspecified atom stereocenters. The second-order valence-corrected chi connectivity index (χ2v) is 9.12. The summed E-state index contributed by atoms with van der Waals surface area (Å²) in [7, 11) is 5.38. The van der Waals surface area contributed by atoms with Gasteiger partial charge in [-0.2, -0.15) is 0 Å². The fraction of sp³-hybridized carbons (Fsp3) is 0.429. The monoisotopic (exact) mass is 463 g/mol. The molecule has 6 heteroatoms. The van der Waals surface area contributed by atoms with Crippen molar-refractivity contribution in [2.75, 3.05) is 21.2 Å². The summed E-state index contributed by atoms with van der Waals surface area (Å²) in [6.45, 7) is 8.35. The van der Waals surface area contributed by atoms with E-state index in [1.807, 2.05) is 31.7 Å². The zero-order valence-corrected chi connectivity index (χ0v) is 20.8. The summed E-state index contributed by atoms with van der Waals surface area (Å²) in [4.78, 5) is 18.4. The Morgan fingerprint density at radius 2 is 1.97 bits per heavy atom. The number of hydrogen-bond acceptors (Lipinski definition) is 4. The minimum Gasteiger partial charge on any atom is -0.373 e. The van der Waals surface area contributed by atoms with Gasteiger partial charge in [-0.3, -0.25) is 4.79 Å². The zero-order chi connectivity index (χ0) is 24.6. The molecule has 0 bridgehead atoms. The number of nitrogens with zero attached hydrogens (tertiary/aromatic N) is 2. The number of hydrogen-bond donors (Lipinski definition) is 1. The van der Waals surface area contributed by atoms with Gasteiger partial charge < -0.3 is 14.6 Å². The minimum absolute atomic E-state index is 0.0194. The van der Waals surface area contributed by atoms with Crippen molar-refractivity contribution in [3.05, 3.63) is 74.3 Å². The summed E-state index contributed by atoms with van der Waals surface area (Å²) in [5.41, 5.74) is 8.11. The summed E-state index contributed by atoms with van der Waals surface area (Å²) >= 11 is 0. The molecule has 0 amide bonds. The molecular formula is C28H34FN3O2. The molecule has 0 fully saturated rings. The molecule has 0 spiro atoms. The van der Waals surface area contributed by atoms with Gasteiger partial charge in [0.2, 0.25) is 0 Å².